The largest absolute Gasteiger partial charge is 0.493 e. The highest BCUT2D eigenvalue weighted by molar-refractivity contribution is 5.92. The molecule has 0 radical (unpaired) electrons. The summed E-state index contributed by atoms with van der Waals surface area (Å²) in [7, 11) is 1.56. The van der Waals surface area contributed by atoms with Gasteiger partial charge < -0.3 is 29.3 Å². The zero-order valence-electron chi connectivity index (χ0n) is 14.3. The van der Waals surface area contributed by atoms with E-state index in [1.165, 1.54) is 4.90 Å². The van der Waals surface area contributed by atoms with Crippen LogP contribution in [0.1, 0.15) is 16.3 Å². The number of hydrogen-bond acceptors (Lipinski definition) is 6. The van der Waals surface area contributed by atoms with Crippen LogP contribution in [-0.2, 0) is 16.1 Å². The average molecular weight is 360 g/mol. The second-order valence-electron chi connectivity index (χ2n) is 5.72. The third kappa shape index (κ3) is 3.97. The lowest BCUT2D eigenvalue weighted by Gasteiger charge is -2.30. The number of primary amides is 1. The van der Waals surface area contributed by atoms with Gasteiger partial charge in [0.05, 0.1) is 20.3 Å². The number of rotatable bonds is 6. The Morgan fingerprint density at radius 3 is 2.73 bits per heavy atom. The van der Waals surface area contributed by atoms with Crippen molar-refractivity contribution < 1.29 is 28.2 Å². The molecule has 2 aromatic rings. The maximum absolute atomic E-state index is 12.5. The number of hydrogen-bond donors (Lipinski definition) is 1. The molecule has 1 aromatic carbocycles. The molecule has 8 nitrogen and oxygen atoms in total. The first-order valence-electron chi connectivity index (χ1n) is 8.13. The molecule has 2 heterocycles. The molecular formula is C18H20N2O6. The number of nitrogens with two attached hydrogens (primary N) is 1. The Balaban J connectivity index is 1.62. The van der Waals surface area contributed by atoms with E-state index >= 15 is 0 Å². The second kappa shape index (κ2) is 7.92. The SMILES string of the molecule is COc1ccccc1OCc1ccc(C(=O)N2CCOC(C(N)=O)C2)o1. The zero-order chi connectivity index (χ0) is 18.5. The molecule has 2 amide bonds. The van der Waals surface area contributed by atoms with Gasteiger partial charge in [-0.3, -0.25) is 9.59 Å². The van der Waals surface area contributed by atoms with Gasteiger partial charge in [-0.2, -0.15) is 0 Å². The van der Waals surface area contributed by atoms with Crippen LogP contribution >= 0.6 is 0 Å². The van der Waals surface area contributed by atoms with Gasteiger partial charge in [0.25, 0.3) is 5.91 Å². The van der Waals surface area contributed by atoms with Crippen LogP contribution in [0.2, 0.25) is 0 Å². The maximum Gasteiger partial charge on any atom is 0.289 e. The summed E-state index contributed by atoms with van der Waals surface area (Å²) < 4.78 is 21.7. The van der Waals surface area contributed by atoms with Crippen molar-refractivity contribution in [1.29, 1.82) is 0 Å². The number of carbonyl (C=O) groups is 2. The van der Waals surface area contributed by atoms with E-state index in [1.54, 1.807) is 31.4 Å². The highest BCUT2D eigenvalue weighted by Gasteiger charge is 2.29. The number of amides is 2. The van der Waals surface area contributed by atoms with Crippen molar-refractivity contribution in [1.82, 2.24) is 4.90 Å². The fourth-order valence-corrected chi connectivity index (χ4v) is 2.62. The number of methoxy groups -OCH3 is 1. The van der Waals surface area contributed by atoms with E-state index in [0.29, 0.717) is 23.8 Å². The molecule has 1 aromatic heterocycles. The number of morpholine rings is 1. The summed E-state index contributed by atoms with van der Waals surface area (Å²) in [6, 6.07) is 10.5. The first kappa shape index (κ1) is 17.8. The van der Waals surface area contributed by atoms with Crippen molar-refractivity contribution in [3.63, 3.8) is 0 Å². The first-order valence-corrected chi connectivity index (χ1v) is 8.13. The molecule has 138 valence electrons. The van der Waals surface area contributed by atoms with Crippen LogP contribution in [0.5, 0.6) is 11.5 Å². The van der Waals surface area contributed by atoms with Gasteiger partial charge in [-0.25, -0.2) is 0 Å². The third-order valence-corrected chi connectivity index (χ3v) is 3.98. The van der Waals surface area contributed by atoms with Gasteiger partial charge in [-0.1, -0.05) is 12.1 Å². The molecule has 0 bridgehead atoms. The Kier molecular flexibility index (Phi) is 5.43. The number of furan rings is 1. The van der Waals surface area contributed by atoms with Gasteiger partial charge in [0.15, 0.2) is 23.4 Å². The molecule has 1 fully saturated rings. The normalized spacial score (nSPS) is 17.0. The van der Waals surface area contributed by atoms with Gasteiger partial charge in [0, 0.05) is 6.54 Å². The predicted molar refractivity (Wildman–Crippen MR) is 90.9 cm³/mol. The van der Waals surface area contributed by atoms with Gasteiger partial charge in [0.1, 0.15) is 12.4 Å². The Morgan fingerprint density at radius 1 is 1.23 bits per heavy atom. The number of carbonyl (C=O) groups excluding carboxylic acids is 2. The van der Waals surface area contributed by atoms with E-state index in [0.717, 1.165) is 0 Å². The molecule has 8 heteroatoms. The summed E-state index contributed by atoms with van der Waals surface area (Å²) in [6.45, 7) is 0.892. The summed E-state index contributed by atoms with van der Waals surface area (Å²) in [5, 5.41) is 0. The molecule has 1 atom stereocenters. The van der Waals surface area contributed by atoms with Gasteiger partial charge in [-0.15, -0.1) is 0 Å². The Labute approximate surface area is 150 Å². The smallest absolute Gasteiger partial charge is 0.289 e. The molecule has 26 heavy (non-hydrogen) atoms. The first-order chi connectivity index (χ1) is 12.6. The number of para-hydroxylation sites is 2. The van der Waals surface area contributed by atoms with Crippen LogP contribution in [0.15, 0.2) is 40.8 Å². The Morgan fingerprint density at radius 2 is 2.00 bits per heavy atom. The molecule has 1 saturated heterocycles. The van der Waals surface area contributed by atoms with Crippen LogP contribution in [0.3, 0.4) is 0 Å². The summed E-state index contributed by atoms with van der Waals surface area (Å²) in [5.41, 5.74) is 5.24. The third-order valence-electron chi connectivity index (χ3n) is 3.98. The van der Waals surface area contributed by atoms with Crippen molar-refractivity contribution in [2.75, 3.05) is 26.8 Å². The van der Waals surface area contributed by atoms with Crippen molar-refractivity contribution >= 4 is 11.8 Å². The molecule has 0 aliphatic carbocycles. The second-order valence-corrected chi connectivity index (χ2v) is 5.72. The average Bonchev–Trinajstić information content (AvgIpc) is 3.15. The van der Waals surface area contributed by atoms with Crippen LogP contribution in [0.4, 0.5) is 0 Å². The van der Waals surface area contributed by atoms with Gasteiger partial charge >= 0.3 is 0 Å². The van der Waals surface area contributed by atoms with Crippen molar-refractivity contribution in [2.24, 2.45) is 5.73 Å². The fraction of sp³-hybridized carbons (Fsp3) is 0.333. The molecular weight excluding hydrogens is 340 g/mol. The monoisotopic (exact) mass is 360 g/mol. The lowest BCUT2D eigenvalue weighted by Crippen LogP contribution is -2.50. The fourth-order valence-electron chi connectivity index (χ4n) is 2.62. The topological polar surface area (TPSA) is 104 Å². The van der Waals surface area contributed by atoms with Gasteiger partial charge in [-0.05, 0) is 24.3 Å². The van der Waals surface area contributed by atoms with Crippen LogP contribution in [0.25, 0.3) is 0 Å². The van der Waals surface area contributed by atoms with Crippen molar-refractivity contribution in [3.8, 4) is 11.5 Å². The minimum atomic E-state index is -0.795. The van der Waals surface area contributed by atoms with E-state index in [4.69, 9.17) is 24.4 Å². The predicted octanol–water partition coefficient (Wildman–Crippen LogP) is 1.19. The highest BCUT2D eigenvalue weighted by atomic mass is 16.5. The molecule has 3 rings (SSSR count). The quantitative estimate of drug-likeness (QED) is 0.830. The summed E-state index contributed by atoms with van der Waals surface area (Å²) in [6.07, 6.45) is -0.795. The van der Waals surface area contributed by atoms with E-state index in [2.05, 4.69) is 0 Å². The van der Waals surface area contributed by atoms with Crippen LogP contribution in [-0.4, -0.2) is 49.6 Å². The molecule has 1 aliphatic rings. The lowest BCUT2D eigenvalue weighted by molar-refractivity contribution is -0.133. The molecule has 2 N–H and O–H groups in total. The van der Waals surface area contributed by atoms with Crippen LogP contribution in [0, 0.1) is 0 Å². The lowest BCUT2D eigenvalue weighted by atomic mass is 10.2. The summed E-state index contributed by atoms with van der Waals surface area (Å²) in [5.74, 6) is 0.960. The van der Waals surface area contributed by atoms with Gasteiger partial charge in [0.2, 0.25) is 5.91 Å². The molecule has 1 aliphatic heterocycles. The zero-order valence-corrected chi connectivity index (χ0v) is 14.3. The minimum Gasteiger partial charge on any atom is -0.493 e. The van der Waals surface area contributed by atoms with Crippen molar-refractivity contribution in [2.45, 2.75) is 12.7 Å². The molecule has 0 spiro atoms. The Bertz CT molecular complexity index is 787. The number of ether oxygens (including phenoxy) is 3. The standard InChI is InChI=1S/C18H20N2O6/c1-23-13-4-2-3-5-14(13)25-11-12-6-7-15(26-12)18(22)20-8-9-24-16(10-20)17(19)21/h2-7,16H,8-11H2,1H3,(H2,19,21). The highest BCUT2D eigenvalue weighted by Crippen LogP contribution is 2.27. The van der Waals surface area contributed by atoms with E-state index < -0.39 is 12.0 Å². The van der Waals surface area contributed by atoms with E-state index in [9.17, 15) is 9.59 Å². The number of nitrogens with zero attached hydrogens (tertiary/aromatic N) is 1. The Hall–Kier alpha value is -3.00. The van der Waals surface area contributed by atoms with E-state index in [1.807, 2.05) is 12.1 Å². The summed E-state index contributed by atoms with van der Waals surface area (Å²) in [4.78, 5) is 25.3. The maximum atomic E-state index is 12.5. The van der Waals surface area contributed by atoms with Crippen LogP contribution < -0.4 is 15.2 Å². The van der Waals surface area contributed by atoms with Crippen molar-refractivity contribution in [3.05, 3.63) is 47.9 Å². The summed E-state index contributed by atoms with van der Waals surface area (Å²) >= 11 is 0. The number of benzene rings is 1. The van der Waals surface area contributed by atoms with E-state index in [-0.39, 0.29) is 31.4 Å². The molecule has 1 unspecified atom stereocenters. The minimum absolute atomic E-state index is 0.113. The molecule has 0 saturated carbocycles.